The second kappa shape index (κ2) is 25.8. The minimum absolute atomic E-state index is 0.231. The van der Waals surface area contributed by atoms with Crippen LogP contribution in [0.25, 0.3) is 122 Å². The van der Waals surface area contributed by atoms with E-state index in [0.29, 0.717) is 24.3 Å². The van der Waals surface area contributed by atoms with E-state index in [2.05, 4.69) is 0 Å². The monoisotopic (exact) mass is 1570 g/mol. The predicted octanol–water partition coefficient (Wildman–Crippen LogP) is 27.9. The summed E-state index contributed by atoms with van der Waals surface area (Å²) in [5, 5.41) is 9.25. The van der Waals surface area contributed by atoms with E-state index in [1.165, 1.54) is 0 Å². The Morgan fingerprint density at radius 3 is 0.782 bits per heavy atom. The SMILES string of the molecule is N#Cc1ccc(-n2c3ccc(-c4ccc(C(F)(F)F)cc4C(F)(F)F)cc3c3cc(-c4ccc(C(F)(F)F)cc4C(F)(F)F)ccc32)c(-c2cc(-n3c4ccc(-c5ccc(C(F)(F)F)cc5C(F)(F)F)cc4c4cc(-c5ccc(C(F)(F)F)cc5C(F)(F)F)ccc43)ccc2-c2cc(C(F)(F)F)cc(C(F)(F)F)c2)c1. The molecular formula is C77H33F30N3. The average molecular weight is 1570 g/mol. The van der Waals surface area contributed by atoms with Gasteiger partial charge in [0.2, 0.25) is 0 Å². The van der Waals surface area contributed by atoms with Gasteiger partial charge in [-0.3, -0.25) is 0 Å². The van der Waals surface area contributed by atoms with Crippen LogP contribution in [0.5, 0.6) is 0 Å². The van der Waals surface area contributed by atoms with Crippen molar-refractivity contribution in [1.29, 1.82) is 5.26 Å². The molecule has 3 nitrogen and oxygen atoms in total. The van der Waals surface area contributed by atoms with Gasteiger partial charge in [-0.1, -0.05) is 54.6 Å². The summed E-state index contributed by atoms with van der Waals surface area (Å²) in [6.45, 7) is 0. The molecule has 11 aromatic carbocycles. The molecule has 0 N–H and O–H groups in total. The van der Waals surface area contributed by atoms with E-state index in [0.717, 1.165) is 118 Å². The van der Waals surface area contributed by atoms with E-state index in [1.54, 1.807) is 6.07 Å². The molecule has 13 rings (SSSR count). The van der Waals surface area contributed by atoms with Crippen molar-refractivity contribution < 1.29 is 132 Å². The van der Waals surface area contributed by atoms with Crippen LogP contribution < -0.4 is 0 Å². The van der Waals surface area contributed by atoms with Crippen LogP contribution in [-0.2, 0) is 61.8 Å². The predicted molar refractivity (Wildman–Crippen MR) is 342 cm³/mol. The first-order chi connectivity index (χ1) is 50.8. The zero-order valence-electron chi connectivity index (χ0n) is 53.7. The number of benzene rings is 11. The molecule has 13 aromatic rings. The highest BCUT2D eigenvalue weighted by Crippen LogP contribution is 2.52. The van der Waals surface area contributed by atoms with Gasteiger partial charge in [0.25, 0.3) is 0 Å². The van der Waals surface area contributed by atoms with Crippen molar-refractivity contribution in [3.8, 4) is 84.2 Å². The highest BCUT2D eigenvalue weighted by atomic mass is 19.4. The van der Waals surface area contributed by atoms with Crippen LogP contribution >= 0.6 is 0 Å². The van der Waals surface area contributed by atoms with Gasteiger partial charge < -0.3 is 9.13 Å². The molecule has 0 amide bonds. The molecule has 33 heteroatoms. The van der Waals surface area contributed by atoms with Crippen molar-refractivity contribution in [2.45, 2.75) is 61.8 Å². The van der Waals surface area contributed by atoms with Crippen molar-refractivity contribution in [3.05, 3.63) is 261 Å². The number of alkyl halides is 30. The Morgan fingerprint density at radius 2 is 0.500 bits per heavy atom. The first kappa shape index (κ1) is 76.6. The second-order valence-electron chi connectivity index (χ2n) is 25.0. The van der Waals surface area contributed by atoms with Gasteiger partial charge in [0.15, 0.2) is 0 Å². The maximum Gasteiger partial charge on any atom is 0.417 e. The molecule has 0 saturated heterocycles. The van der Waals surface area contributed by atoms with E-state index >= 15 is 0 Å². The Balaban J connectivity index is 1.15. The number of nitrogens with zero attached hydrogens (tertiary/aromatic N) is 3. The van der Waals surface area contributed by atoms with Crippen molar-refractivity contribution >= 4 is 43.6 Å². The van der Waals surface area contributed by atoms with Gasteiger partial charge in [0, 0.05) is 32.8 Å². The molecule has 0 unspecified atom stereocenters. The maximum atomic E-state index is 15.0. The highest BCUT2D eigenvalue weighted by molar-refractivity contribution is 6.14. The van der Waals surface area contributed by atoms with Crippen LogP contribution in [0, 0.1) is 11.3 Å². The van der Waals surface area contributed by atoms with Crippen LogP contribution in [-0.4, -0.2) is 9.13 Å². The fourth-order valence-electron chi connectivity index (χ4n) is 13.4. The Labute approximate surface area is 595 Å². The number of hydrogen-bond acceptors (Lipinski definition) is 1. The van der Waals surface area contributed by atoms with Gasteiger partial charge >= 0.3 is 61.8 Å². The summed E-state index contributed by atoms with van der Waals surface area (Å²) in [5.74, 6) is 0. The smallest absolute Gasteiger partial charge is 0.309 e. The molecule has 0 aliphatic heterocycles. The molecule has 0 aliphatic rings. The lowest BCUT2D eigenvalue weighted by molar-refractivity contribution is -0.144. The number of halogens is 30. The minimum Gasteiger partial charge on any atom is -0.309 e. The van der Waals surface area contributed by atoms with Crippen LogP contribution in [0.3, 0.4) is 0 Å². The molecule has 0 atom stereocenters. The molecular weight excluding hydrogens is 1540 g/mol. The van der Waals surface area contributed by atoms with Gasteiger partial charge in [-0.25, -0.2) is 0 Å². The molecule has 0 aliphatic carbocycles. The summed E-state index contributed by atoms with van der Waals surface area (Å²) in [7, 11) is 0. The van der Waals surface area contributed by atoms with Crippen LogP contribution in [0.2, 0.25) is 0 Å². The fraction of sp³-hybridized carbons (Fsp3) is 0.130. The Hall–Kier alpha value is -11.6. The van der Waals surface area contributed by atoms with E-state index in [1.807, 2.05) is 0 Å². The fourth-order valence-corrected chi connectivity index (χ4v) is 13.4. The van der Waals surface area contributed by atoms with E-state index in [9.17, 15) is 137 Å². The molecule has 110 heavy (non-hydrogen) atoms. The van der Waals surface area contributed by atoms with Crippen molar-refractivity contribution in [2.24, 2.45) is 0 Å². The highest BCUT2D eigenvalue weighted by Gasteiger charge is 2.44. The summed E-state index contributed by atoms with van der Waals surface area (Å²) >= 11 is 0. The lowest BCUT2D eigenvalue weighted by Crippen LogP contribution is -2.12. The van der Waals surface area contributed by atoms with Gasteiger partial charge in [0.05, 0.1) is 95.0 Å². The van der Waals surface area contributed by atoms with Crippen LogP contribution in [0.4, 0.5) is 132 Å². The molecule has 2 heterocycles. The molecule has 0 spiro atoms. The van der Waals surface area contributed by atoms with Crippen molar-refractivity contribution in [2.75, 3.05) is 0 Å². The lowest BCUT2D eigenvalue weighted by atomic mass is 9.90. The number of fused-ring (bicyclic) bond motifs is 6. The zero-order chi connectivity index (χ0) is 80.2. The Kier molecular flexibility index (Phi) is 18.0. The van der Waals surface area contributed by atoms with E-state index < -0.39 is 190 Å². The molecule has 566 valence electrons. The topological polar surface area (TPSA) is 33.6 Å². The summed E-state index contributed by atoms with van der Waals surface area (Å²) in [6.07, 6.45) is -55.0. The maximum absolute atomic E-state index is 15.0. The van der Waals surface area contributed by atoms with Gasteiger partial charge in [-0.15, -0.1) is 0 Å². The second-order valence-corrected chi connectivity index (χ2v) is 25.0. The van der Waals surface area contributed by atoms with Gasteiger partial charge in [0.1, 0.15) is 0 Å². The summed E-state index contributed by atoms with van der Waals surface area (Å²) < 4.78 is 440. The zero-order valence-corrected chi connectivity index (χ0v) is 53.7. The van der Waals surface area contributed by atoms with Gasteiger partial charge in [-0.2, -0.15) is 137 Å². The first-order valence-corrected chi connectivity index (χ1v) is 31.1. The summed E-state index contributed by atoms with van der Waals surface area (Å²) in [6, 6.07) is 21.3. The van der Waals surface area contributed by atoms with Crippen LogP contribution in [0.15, 0.2) is 200 Å². The molecule has 0 bridgehead atoms. The van der Waals surface area contributed by atoms with Crippen molar-refractivity contribution in [1.82, 2.24) is 9.13 Å². The first-order valence-electron chi connectivity index (χ1n) is 31.1. The van der Waals surface area contributed by atoms with Crippen molar-refractivity contribution in [3.63, 3.8) is 0 Å². The van der Waals surface area contributed by atoms with E-state index in [-0.39, 0.29) is 122 Å². The average Bonchev–Trinajstić information content (AvgIpc) is 1.56. The quantitative estimate of drug-likeness (QED) is 0.140. The normalized spacial score (nSPS) is 13.4. The summed E-state index contributed by atoms with van der Waals surface area (Å²) in [5.41, 5.74) is -29.5. The van der Waals surface area contributed by atoms with E-state index in [4.69, 9.17) is 0 Å². The number of hydrogen-bond donors (Lipinski definition) is 0. The minimum atomic E-state index is -5.60. The number of rotatable bonds is 8. The van der Waals surface area contributed by atoms with Gasteiger partial charge in [-0.05, 0) is 207 Å². The standard InChI is InChI=1S/C77H33F30N3/c78-68(79,80)41-6-11-49(59(29-41)74(96,97)98)36-2-17-63-55(24-36)56-25-37(50-12-7-42(69(81,82)83)30-60(50)75(99,100)101)3-18-64(56)109(63)47-10-15-48(40-22-45(72(90,91)92)28-46(23-40)73(93,94)95)53(33-47)54-21-35(34-108)1-16-65(54)110-66-19-4-38(51-13-8-43(70(84,85)86)31-61(51)76(102,103)104)26-57(66)58-27-39(5-20-67(58)110)52-14-9-44(71(87,88)89)32-62(52)77(105,106)107/h1-33H. The lowest BCUT2D eigenvalue weighted by Gasteiger charge is -2.21. The molecule has 0 fully saturated rings. The third kappa shape index (κ3) is 14.2. The Bertz CT molecular complexity index is 5650. The molecule has 0 saturated carbocycles. The van der Waals surface area contributed by atoms with Crippen LogP contribution in [0.1, 0.15) is 61.2 Å². The third-order valence-corrected chi connectivity index (χ3v) is 18.2. The summed E-state index contributed by atoms with van der Waals surface area (Å²) in [4.78, 5) is 0. The molecule has 0 radical (unpaired) electrons. The Morgan fingerprint density at radius 1 is 0.209 bits per heavy atom. The number of nitriles is 1. The number of aromatic nitrogens is 2. The molecule has 2 aromatic heterocycles. The third-order valence-electron chi connectivity index (χ3n) is 18.2. The largest absolute Gasteiger partial charge is 0.417 e.